The van der Waals surface area contributed by atoms with Crippen molar-refractivity contribution in [3.63, 3.8) is 0 Å². The molecule has 3 heteroatoms. The highest BCUT2D eigenvalue weighted by Crippen LogP contribution is 2.22. The summed E-state index contributed by atoms with van der Waals surface area (Å²) in [5.74, 6) is 1.13. The van der Waals surface area contributed by atoms with Crippen molar-refractivity contribution < 1.29 is 0 Å². The van der Waals surface area contributed by atoms with E-state index in [2.05, 4.69) is 29.9 Å². The molecule has 1 heterocycles. The third kappa shape index (κ3) is 2.54. The van der Waals surface area contributed by atoms with Crippen LogP contribution in [-0.4, -0.2) is 9.97 Å². The predicted molar refractivity (Wildman–Crippen MR) is 71.0 cm³/mol. The third-order valence-electron chi connectivity index (χ3n) is 2.74. The van der Waals surface area contributed by atoms with Crippen LogP contribution in [0.5, 0.6) is 0 Å². The van der Waals surface area contributed by atoms with Gasteiger partial charge < -0.3 is 0 Å². The largest absolute Gasteiger partial charge is 0.238 e. The summed E-state index contributed by atoms with van der Waals surface area (Å²) in [6.07, 6.45) is 0. The summed E-state index contributed by atoms with van der Waals surface area (Å²) in [5, 5.41) is 8.92. The number of hydrogen-bond donors (Lipinski definition) is 0. The van der Waals surface area contributed by atoms with Gasteiger partial charge in [-0.05, 0) is 31.0 Å². The molecular weight excluding hydrogens is 222 g/mol. The molecule has 0 N–H and O–H groups in total. The highest BCUT2D eigenvalue weighted by Gasteiger charge is 2.07. The molecule has 3 nitrogen and oxygen atoms in total. The molecule has 0 radical (unpaired) electrons. The summed E-state index contributed by atoms with van der Waals surface area (Å²) in [6.45, 7) is 6.11. The van der Waals surface area contributed by atoms with Crippen LogP contribution >= 0.6 is 0 Å². The molecule has 0 atom stereocenters. The van der Waals surface area contributed by atoms with Crippen molar-refractivity contribution >= 4 is 0 Å². The molecule has 2 aromatic rings. The molecule has 90 valence electrons. The average molecular weight is 237 g/mol. The Morgan fingerprint density at radius 1 is 1.17 bits per heavy atom. The lowest BCUT2D eigenvalue weighted by molar-refractivity contribution is 0.803. The van der Waals surface area contributed by atoms with Crippen molar-refractivity contribution in [1.29, 1.82) is 5.26 Å². The quantitative estimate of drug-likeness (QED) is 0.803. The molecule has 0 amide bonds. The van der Waals surface area contributed by atoms with E-state index in [1.165, 1.54) is 0 Å². The standard InChI is InChI=1S/C15H15N3/c1-10(2)14-8-15(18-11(3)17-14)13-6-4-5-12(7-13)9-16/h4-8,10H,1-3H3. The van der Waals surface area contributed by atoms with E-state index < -0.39 is 0 Å². The van der Waals surface area contributed by atoms with E-state index >= 15 is 0 Å². The van der Waals surface area contributed by atoms with Gasteiger partial charge in [-0.15, -0.1) is 0 Å². The lowest BCUT2D eigenvalue weighted by Gasteiger charge is -2.08. The molecule has 0 aliphatic carbocycles. The summed E-state index contributed by atoms with van der Waals surface area (Å²) in [5.41, 5.74) is 3.51. The maximum atomic E-state index is 8.92. The van der Waals surface area contributed by atoms with Crippen LogP contribution in [0.1, 0.15) is 36.8 Å². The average Bonchev–Trinajstić information content (AvgIpc) is 2.38. The number of nitrogens with zero attached hydrogens (tertiary/aromatic N) is 3. The van der Waals surface area contributed by atoms with Crippen LogP contribution in [0, 0.1) is 18.3 Å². The van der Waals surface area contributed by atoms with Crippen molar-refractivity contribution in [1.82, 2.24) is 9.97 Å². The van der Waals surface area contributed by atoms with Crippen molar-refractivity contribution in [2.75, 3.05) is 0 Å². The maximum absolute atomic E-state index is 8.92. The second kappa shape index (κ2) is 4.97. The predicted octanol–water partition coefficient (Wildman–Crippen LogP) is 3.45. The van der Waals surface area contributed by atoms with Crippen LogP contribution in [0.3, 0.4) is 0 Å². The fourth-order valence-corrected chi connectivity index (χ4v) is 1.78. The molecule has 0 fully saturated rings. The van der Waals surface area contributed by atoms with Gasteiger partial charge in [-0.3, -0.25) is 0 Å². The van der Waals surface area contributed by atoms with Crippen LogP contribution in [0.15, 0.2) is 30.3 Å². The normalized spacial score (nSPS) is 10.4. The van der Waals surface area contributed by atoms with Crippen LogP contribution < -0.4 is 0 Å². The molecule has 18 heavy (non-hydrogen) atoms. The molecule has 0 saturated heterocycles. The minimum Gasteiger partial charge on any atom is -0.238 e. The number of aromatic nitrogens is 2. The summed E-state index contributed by atoms with van der Waals surface area (Å²) in [4.78, 5) is 8.87. The van der Waals surface area contributed by atoms with Crippen LogP contribution in [0.4, 0.5) is 0 Å². The van der Waals surface area contributed by atoms with Gasteiger partial charge in [0.05, 0.1) is 17.3 Å². The zero-order chi connectivity index (χ0) is 13.1. The minimum absolute atomic E-state index is 0.365. The van der Waals surface area contributed by atoms with Gasteiger partial charge in [0.15, 0.2) is 0 Å². The molecule has 2 rings (SSSR count). The molecule has 0 bridgehead atoms. The molecule has 1 aromatic heterocycles. The van der Waals surface area contributed by atoms with Gasteiger partial charge in [0, 0.05) is 11.3 Å². The first-order chi connectivity index (χ1) is 8.60. The van der Waals surface area contributed by atoms with Crippen LogP contribution in [0.2, 0.25) is 0 Å². The molecular formula is C15H15N3. The van der Waals surface area contributed by atoms with Gasteiger partial charge >= 0.3 is 0 Å². The smallest absolute Gasteiger partial charge is 0.126 e. The van der Waals surface area contributed by atoms with Gasteiger partial charge in [-0.25, -0.2) is 9.97 Å². The molecule has 1 aromatic carbocycles. The number of rotatable bonds is 2. The summed E-state index contributed by atoms with van der Waals surface area (Å²) < 4.78 is 0. The van der Waals surface area contributed by atoms with Gasteiger partial charge in [0.25, 0.3) is 0 Å². The fraction of sp³-hybridized carbons (Fsp3) is 0.267. The van der Waals surface area contributed by atoms with Gasteiger partial charge in [-0.1, -0.05) is 26.0 Å². The first-order valence-electron chi connectivity index (χ1n) is 5.96. The van der Waals surface area contributed by atoms with Crippen molar-refractivity contribution in [3.8, 4) is 17.3 Å². The van der Waals surface area contributed by atoms with E-state index in [0.29, 0.717) is 11.5 Å². The van der Waals surface area contributed by atoms with E-state index in [1.54, 1.807) is 6.07 Å². The van der Waals surface area contributed by atoms with Crippen molar-refractivity contribution in [2.24, 2.45) is 0 Å². The Hall–Kier alpha value is -2.21. The van der Waals surface area contributed by atoms with E-state index in [-0.39, 0.29) is 0 Å². The van der Waals surface area contributed by atoms with E-state index in [1.807, 2.05) is 31.2 Å². The third-order valence-corrected chi connectivity index (χ3v) is 2.74. The Kier molecular flexibility index (Phi) is 3.38. The summed E-state index contributed by atoms with van der Waals surface area (Å²) >= 11 is 0. The molecule has 0 spiro atoms. The number of aryl methyl sites for hydroxylation is 1. The van der Waals surface area contributed by atoms with Gasteiger partial charge in [-0.2, -0.15) is 5.26 Å². The first-order valence-corrected chi connectivity index (χ1v) is 5.96. The Morgan fingerprint density at radius 3 is 2.61 bits per heavy atom. The van der Waals surface area contributed by atoms with E-state index in [9.17, 15) is 0 Å². The molecule has 0 aliphatic heterocycles. The van der Waals surface area contributed by atoms with Crippen molar-refractivity contribution in [3.05, 3.63) is 47.4 Å². The number of benzene rings is 1. The zero-order valence-electron chi connectivity index (χ0n) is 10.8. The monoisotopic (exact) mass is 237 g/mol. The van der Waals surface area contributed by atoms with Crippen LogP contribution in [0.25, 0.3) is 11.3 Å². The second-order valence-electron chi connectivity index (χ2n) is 4.57. The topological polar surface area (TPSA) is 49.6 Å². The van der Waals surface area contributed by atoms with E-state index in [4.69, 9.17) is 5.26 Å². The minimum atomic E-state index is 0.365. The molecule has 0 aliphatic rings. The van der Waals surface area contributed by atoms with Gasteiger partial charge in [0.2, 0.25) is 0 Å². The van der Waals surface area contributed by atoms with Gasteiger partial charge in [0.1, 0.15) is 5.82 Å². The Labute approximate surface area is 107 Å². The first kappa shape index (κ1) is 12.3. The molecule has 0 unspecified atom stereocenters. The Morgan fingerprint density at radius 2 is 1.94 bits per heavy atom. The number of nitriles is 1. The summed E-state index contributed by atoms with van der Waals surface area (Å²) in [7, 11) is 0. The summed E-state index contributed by atoms with van der Waals surface area (Å²) in [6, 6.07) is 11.6. The van der Waals surface area contributed by atoms with Crippen molar-refractivity contribution in [2.45, 2.75) is 26.7 Å². The van der Waals surface area contributed by atoms with E-state index in [0.717, 1.165) is 22.8 Å². The fourth-order valence-electron chi connectivity index (χ4n) is 1.78. The second-order valence-corrected chi connectivity index (χ2v) is 4.57. The molecule has 0 saturated carbocycles. The lowest BCUT2D eigenvalue weighted by Crippen LogP contribution is -1.99. The SMILES string of the molecule is Cc1nc(-c2cccc(C#N)c2)cc(C(C)C)n1. The Balaban J connectivity index is 2.53. The van der Waals surface area contributed by atoms with Crippen LogP contribution in [-0.2, 0) is 0 Å². The Bertz CT molecular complexity index is 609. The zero-order valence-corrected chi connectivity index (χ0v) is 10.8. The number of hydrogen-bond acceptors (Lipinski definition) is 3. The highest BCUT2D eigenvalue weighted by molar-refractivity contribution is 5.61. The lowest BCUT2D eigenvalue weighted by atomic mass is 10.0. The maximum Gasteiger partial charge on any atom is 0.126 e. The highest BCUT2D eigenvalue weighted by atomic mass is 14.9.